The van der Waals surface area contributed by atoms with Crippen LogP contribution in [-0.2, 0) is 19.1 Å². The third-order valence-electron chi connectivity index (χ3n) is 8.80. The summed E-state index contributed by atoms with van der Waals surface area (Å²) in [4.78, 5) is 37.1. The summed E-state index contributed by atoms with van der Waals surface area (Å²) in [7, 11) is 0. The number of carbonyl (C=O) groups excluding carboxylic acids is 2. The first kappa shape index (κ1) is 42.4. The second-order valence-electron chi connectivity index (χ2n) is 13.2. The quantitative estimate of drug-likeness (QED) is 0.0549. The van der Waals surface area contributed by atoms with Crippen molar-refractivity contribution < 1.29 is 24.2 Å². The van der Waals surface area contributed by atoms with Gasteiger partial charge in [0.25, 0.3) is 0 Å². The minimum absolute atomic E-state index is 0.209. The highest BCUT2D eigenvalue weighted by atomic mass is 16.5. The fourth-order valence-corrected chi connectivity index (χ4v) is 5.93. The number of esters is 1. The Morgan fingerprint density at radius 2 is 0.864 bits per heavy atom. The molecule has 2 atom stereocenters. The minimum Gasteiger partial charge on any atom is -0.481 e. The van der Waals surface area contributed by atoms with Crippen LogP contribution in [0.4, 0.5) is 0 Å². The summed E-state index contributed by atoms with van der Waals surface area (Å²) in [5.74, 6) is -1.96. The summed E-state index contributed by atoms with van der Waals surface area (Å²) in [6.07, 6.45) is 33.0. The van der Waals surface area contributed by atoms with Crippen LogP contribution in [0, 0.1) is 0 Å². The van der Waals surface area contributed by atoms with Gasteiger partial charge in [-0.3, -0.25) is 9.59 Å². The third-order valence-corrected chi connectivity index (χ3v) is 8.80. The van der Waals surface area contributed by atoms with Crippen LogP contribution in [0.2, 0.25) is 0 Å². The maximum absolute atomic E-state index is 13.0. The molecule has 0 rings (SSSR count). The Hall–Kier alpha value is -1.59. The fraction of sp³-hybridized carbons (Fsp3) is 0.921. The van der Waals surface area contributed by atoms with Crippen molar-refractivity contribution in [1.82, 2.24) is 5.32 Å². The molecule has 0 saturated heterocycles. The molecule has 0 aliphatic carbocycles. The fourth-order valence-electron chi connectivity index (χ4n) is 5.93. The normalized spacial score (nSPS) is 12.6. The van der Waals surface area contributed by atoms with Crippen LogP contribution in [0.15, 0.2) is 0 Å². The average Bonchev–Trinajstić information content (AvgIpc) is 3.00. The molecule has 6 nitrogen and oxygen atoms in total. The highest BCUT2D eigenvalue weighted by Gasteiger charge is 2.27. The first-order chi connectivity index (χ1) is 21.4. The van der Waals surface area contributed by atoms with E-state index in [9.17, 15) is 19.5 Å². The van der Waals surface area contributed by atoms with Crippen molar-refractivity contribution in [3.8, 4) is 0 Å². The lowest BCUT2D eigenvalue weighted by Gasteiger charge is -2.22. The predicted octanol–water partition coefficient (Wildman–Crippen LogP) is 11.2. The lowest BCUT2D eigenvalue weighted by Crippen LogP contribution is -2.44. The molecule has 2 N–H and O–H groups in total. The van der Waals surface area contributed by atoms with Crippen LogP contribution in [-0.4, -0.2) is 35.1 Å². The summed E-state index contributed by atoms with van der Waals surface area (Å²) in [6, 6.07) is -1.12. The Labute approximate surface area is 272 Å². The number of hydrogen-bond acceptors (Lipinski definition) is 4. The molecule has 0 aromatic heterocycles. The lowest BCUT2D eigenvalue weighted by atomic mass is 10.0. The number of amides is 1. The molecule has 0 aliphatic rings. The van der Waals surface area contributed by atoms with E-state index in [1.54, 1.807) is 0 Å². The Bertz CT molecular complexity index is 668. The van der Waals surface area contributed by atoms with Crippen molar-refractivity contribution in [2.24, 2.45) is 0 Å². The van der Waals surface area contributed by atoms with E-state index in [1.807, 2.05) is 0 Å². The maximum Gasteiger partial charge on any atom is 0.329 e. The van der Waals surface area contributed by atoms with Gasteiger partial charge in [-0.05, 0) is 32.1 Å². The van der Waals surface area contributed by atoms with E-state index < -0.39 is 24.4 Å². The van der Waals surface area contributed by atoms with E-state index in [-0.39, 0.29) is 12.0 Å². The molecule has 1 unspecified atom stereocenters. The van der Waals surface area contributed by atoms with Gasteiger partial charge < -0.3 is 15.2 Å². The van der Waals surface area contributed by atoms with Gasteiger partial charge in [0.15, 0.2) is 0 Å². The molecule has 44 heavy (non-hydrogen) atoms. The second-order valence-corrected chi connectivity index (χ2v) is 13.2. The zero-order valence-corrected chi connectivity index (χ0v) is 29.4. The summed E-state index contributed by atoms with van der Waals surface area (Å²) < 4.78 is 5.85. The van der Waals surface area contributed by atoms with E-state index in [4.69, 9.17) is 4.74 Å². The Morgan fingerprint density at radius 3 is 1.25 bits per heavy atom. The van der Waals surface area contributed by atoms with Crippen LogP contribution >= 0.6 is 0 Å². The molecule has 0 fully saturated rings. The Kier molecular flexibility index (Phi) is 31.6. The molecule has 0 aliphatic heterocycles. The topological polar surface area (TPSA) is 92.7 Å². The van der Waals surface area contributed by atoms with Crippen molar-refractivity contribution >= 4 is 17.8 Å². The number of nitrogens with one attached hydrogen (secondary N) is 1. The van der Waals surface area contributed by atoms with E-state index in [0.29, 0.717) is 6.42 Å². The monoisotopic (exact) mass is 624 g/mol. The molecule has 1 amide bonds. The van der Waals surface area contributed by atoms with Gasteiger partial charge in [-0.2, -0.15) is 0 Å². The van der Waals surface area contributed by atoms with Gasteiger partial charge in [0, 0.05) is 6.42 Å². The molecule has 0 radical (unpaired) electrons. The van der Waals surface area contributed by atoms with Gasteiger partial charge in [0.1, 0.15) is 12.1 Å². The first-order valence-electron chi connectivity index (χ1n) is 19.2. The zero-order chi connectivity index (χ0) is 32.5. The molecule has 0 saturated carbocycles. The third kappa shape index (κ3) is 29.1. The van der Waals surface area contributed by atoms with Crippen LogP contribution in [0.1, 0.15) is 213 Å². The van der Waals surface area contributed by atoms with E-state index >= 15 is 0 Å². The number of unbranched alkanes of at least 4 members (excludes halogenated alkanes) is 23. The zero-order valence-electron chi connectivity index (χ0n) is 29.4. The van der Waals surface area contributed by atoms with Gasteiger partial charge in [-0.15, -0.1) is 0 Å². The summed E-state index contributed by atoms with van der Waals surface area (Å²) in [6.45, 7) is 6.66. The minimum atomic E-state index is -1.12. The van der Waals surface area contributed by atoms with Crippen molar-refractivity contribution in [3.05, 3.63) is 0 Å². The van der Waals surface area contributed by atoms with E-state index in [1.165, 1.54) is 109 Å². The molecular weight excluding hydrogens is 550 g/mol. The highest BCUT2D eigenvalue weighted by Crippen LogP contribution is 2.18. The Balaban J connectivity index is 4.32. The number of aliphatic carboxylic acids is 1. The highest BCUT2D eigenvalue weighted by molar-refractivity contribution is 5.87. The van der Waals surface area contributed by atoms with Gasteiger partial charge in [-0.25, -0.2) is 4.79 Å². The molecule has 0 aromatic carbocycles. The maximum atomic E-state index is 13.0. The van der Waals surface area contributed by atoms with Crippen molar-refractivity contribution in [2.75, 3.05) is 0 Å². The van der Waals surface area contributed by atoms with E-state index in [2.05, 4.69) is 26.1 Å². The van der Waals surface area contributed by atoms with Crippen molar-refractivity contribution in [2.45, 2.75) is 226 Å². The number of carboxylic acids is 1. The Morgan fingerprint density at radius 1 is 0.523 bits per heavy atom. The molecular formula is C38H73NO5. The van der Waals surface area contributed by atoms with Crippen LogP contribution in [0.5, 0.6) is 0 Å². The summed E-state index contributed by atoms with van der Waals surface area (Å²) >= 11 is 0. The second kappa shape index (κ2) is 32.8. The molecule has 260 valence electrons. The molecule has 0 spiro atoms. The number of carboxylic acid groups (broad SMARTS) is 1. The molecule has 0 bridgehead atoms. The largest absolute Gasteiger partial charge is 0.481 e. The number of hydrogen-bond donors (Lipinski definition) is 2. The lowest BCUT2D eigenvalue weighted by molar-refractivity contribution is -0.156. The van der Waals surface area contributed by atoms with Crippen molar-refractivity contribution in [1.29, 1.82) is 0 Å². The number of rotatable bonds is 34. The van der Waals surface area contributed by atoms with Crippen molar-refractivity contribution in [3.63, 3.8) is 0 Å². The standard InChI is InChI=1S/C38H73NO5/c1-4-7-10-13-15-16-17-18-19-20-21-22-24-26-29-32-36(40)39-35(33-37(41)42)38(43)44-34(30-27-12-9-6-3)31-28-25-23-14-11-8-5-2/h34-35H,4-33H2,1-3H3,(H,39,40)(H,41,42)/t34?,35-/m0/s1. The number of ether oxygens (including phenoxy) is 1. The smallest absolute Gasteiger partial charge is 0.329 e. The van der Waals surface area contributed by atoms with Gasteiger partial charge in [-0.1, -0.05) is 168 Å². The van der Waals surface area contributed by atoms with Gasteiger partial charge in [0.05, 0.1) is 6.42 Å². The molecule has 0 heterocycles. The first-order valence-corrected chi connectivity index (χ1v) is 19.2. The van der Waals surface area contributed by atoms with Crippen LogP contribution in [0.25, 0.3) is 0 Å². The number of carbonyl (C=O) groups is 3. The SMILES string of the molecule is CCCCCCCCCCCCCCCCCC(=O)N[C@@H](CC(=O)O)C(=O)OC(CCCCCC)CCCCCCCCC. The summed E-state index contributed by atoms with van der Waals surface area (Å²) in [5.41, 5.74) is 0. The summed E-state index contributed by atoms with van der Waals surface area (Å²) in [5, 5.41) is 12.1. The van der Waals surface area contributed by atoms with Crippen LogP contribution < -0.4 is 5.32 Å². The predicted molar refractivity (Wildman–Crippen MR) is 185 cm³/mol. The average molecular weight is 624 g/mol. The molecule has 0 aromatic rings. The molecule has 6 heteroatoms. The van der Waals surface area contributed by atoms with Gasteiger partial charge >= 0.3 is 11.9 Å². The van der Waals surface area contributed by atoms with Gasteiger partial charge in [0.2, 0.25) is 5.91 Å². The van der Waals surface area contributed by atoms with E-state index in [0.717, 1.165) is 70.6 Å². The van der Waals surface area contributed by atoms with Crippen LogP contribution in [0.3, 0.4) is 0 Å².